The smallest absolute Gasteiger partial charge is 0.142 e. The maximum Gasteiger partial charge on any atom is 0.142 e. The number of benzene rings is 1. The van der Waals surface area contributed by atoms with Crippen LogP contribution in [0.5, 0.6) is 5.75 Å². The Morgan fingerprint density at radius 3 is 2.44 bits per heavy atom. The van der Waals surface area contributed by atoms with Crippen LogP contribution in [-0.4, -0.2) is 24.5 Å². The lowest BCUT2D eigenvalue weighted by molar-refractivity contribution is 0.413. The van der Waals surface area contributed by atoms with Crippen LogP contribution in [0.4, 0.5) is 0 Å². The molecule has 18 heavy (non-hydrogen) atoms. The van der Waals surface area contributed by atoms with Crippen LogP contribution in [0, 0.1) is 5.41 Å². The molecule has 0 spiro atoms. The van der Waals surface area contributed by atoms with E-state index in [0.717, 1.165) is 24.3 Å². The molecule has 3 N–H and O–H groups in total. The summed E-state index contributed by atoms with van der Waals surface area (Å²) in [5.41, 5.74) is 0.814. The molecular formula is C14H23N3O. The van der Waals surface area contributed by atoms with Crippen molar-refractivity contribution >= 4 is 5.84 Å². The van der Waals surface area contributed by atoms with Gasteiger partial charge in [0.05, 0.1) is 7.11 Å². The summed E-state index contributed by atoms with van der Waals surface area (Å²) in [6.07, 6.45) is 4.63. The molecule has 0 aliphatic carbocycles. The van der Waals surface area contributed by atoms with Gasteiger partial charge in [-0.3, -0.25) is 10.4 Å². The summed E-state index contributed by atoms with van der Waals surface area (Å²) in [5, 5.41) is 9.52. The van der Waals surface area contributed by atoms with E-state index < -0.39 is 0 Å². The third kappa shape index (κ3) is 4.37. The van der Waals surface area contributed by atoms with E-state index in [1.807, 2.05) is 24.3 Å². The normalized spacial score (nSPS) is 10.2. The second kappa shape index (κ2) is 7.71. The molecule has 1 rings (SSSR count). The molecule has 100 valence electrons. The molecule has 1 aromatic rings. The minimum absolute atomic E-state index is 0.356. The van der Waals surface area contributed by atoms with Crippen molar-refractivity contribution in [2.24, 2.45) is 5.84 Å². The topological polar surface area (TPSA) is 62.3 Å². The molecule has 0 amide bonds. The van der Waals surface area contributed by atoms with Gasteiger partial charge in [0, 0.05) is 12.1 Å². The summed E-state index contributed by atoms with van der Waals surface area (Å²) in [5.74, 6) is 7.03. The molecule has 0 saturated heterocycles. The van der Waals surface area contributed by atoms with E-state index in [4.69, 9.17) is 16.0 Å². The van der Waals surface area contributed by atoms with Gasteiger partial charge in [-0.2, -0.15) is 0 Å². The van der Waals surface area contributed by atoms with E-state index in [1.54, 1.807) is 7.11 Å². The highest BCUT2D eigenvalue weighted by molar-refractivity contribution is 5.96. The lowest BCUT2D eigenvalue weighted by atomic mass is 10.1. The summed E-state index contributed by atoms with van der Waals surface area (Å²) < 4.78 is 5.09. The average molecular weight is 249 g/mol. The van der Waals surface area contributed by atoms with Crippen molar-refractivity contribution in [1.29, 1.82) is 5.41 Å². The molecular weight excluding hydrogens is 226 g/mol. The second-order valence-electron chi connectivity index (χ2n) is 4.33. The van der Waals surface area contributed by atoms with Gasteiger partial charge in [0.1, 0.15) is 11.6 Å². The Kier molecular flexibility index (Phi) is 6.22. The lowest BCUT2D eigenvalue weighted by Crippen LogP contribution is -2.38. The number of hydrogen-bond donors (Lipinski definition) is 2. The molecule has 1 aromatic carbocycles. The minimum atomic E-state index is 0.356. The van der Waals surface area contributed by atoms with Crippen molar-refractivity contribution in [1.82, 2.24) is 5.01 Å². The van der Waals surface area contributed by atoms with Gasteiger partial charge in [0.15, 0.2) is 0 Å². The summed E-state index contributed by atoms with van der Waals surface area (Å²) >= 11 is 0. The maximum atomic E-state index is 8.00. The van der Waals surface area contributed by atoms with Gasteiger partial charge in [0.25, 0.3) is 0 Å². The van der Waals surface area contributed by atoms with Crippen molar-refractivity contribution in [3.05, 3.63) is 29.8 Å². The van der Waals surface area contributed by atoms with Gasteiger partial charge in [-0.05, 0) is 30.7 Å². The molecule has 0 heterocycles. The first kappa shape index (κ1) is 14.5. The van der Waals surface area contributed by atoms with Gasteiger partial charge in [-0.1, -0.05) is 26.2 Å². The first-order chi connectivity index (χ1) is 8.69. The Hall–Kier alpha value is -1.55. The zero-order chi connectivity index (χ0) is 13.4. The molecule has 0 bridgehead atoms. The van der Waals surface area contributed by atoms with Crippen LogP contribution in [0.15, 0.2) is 24.3 Å². The van der Waals surface area contributed by atoms with Gasteiger partial charge < -0.3 is 4.74 Å². The fraction of sp³-hybridized carbons (Fsp3) is 0.500. The van der Waals surface area contributed by atoms with Crippen LogP contribution < -0.4 is 10.6 Å². The van der Waals surface area contributed by atoms with E-state index in [2.05, 4.69) is 6.92 Å². The fourth-order valence-corrected chi connectivity index (χ4v) is 1.74. The van der Waals surface area contributed by atoms with Crippen molar-refractivity contribution < 1.29 is 4.74 Å². The van der Waals surface area contributed by atoms with Crippen molar-refractivity contribution in [3.8, 4) is 5.75 Å². The van der Waals surface area contributed by atoms with Gasteiger partial charge in [-0.25, -0.2) is 5.84 Å². The third-order valence-electron chi connectivity index (χ3n) is 2.90. The fourth-order valence-electron chi connectivity index (χ4n) is 1.74. The van der Waals surface area contributed by atoms with E-state index in [9.17, 15) is 0 Å². The third-order valence-corrected chi connectivity index (χ3v) is 2.90. The highest BCUT2D eigenvalue weighted by Crippen LogP contribution is 2.12. The number of amidine groups is 1. The number of nitrogens with zero attached hydrogens (tertiary/aromatic N) is 1. The quantitative estimate of drug-likeness (QED) is 0.257. The molecule has 4 heteroatoms. The Morgan fingerprint density at radius 1 is 1.22 bits per heavy atom. The zero-order valence-electron chi connectivity index (χ0n) is 11.3. The molecule has 0 aliphatic rings. The molecule has 0 saturated carbocycles. The lowest BCUT2D eigenvalue weighted by Gasteiger charge is -2.19. The Balaban J connectivity index is 2.46. The second-order valence-corrected chi connectivity index (χ2v) is 4.33. The average Bonchev–Trinajstić information content (AvgIpc) is 2.42. The molecule has 4 nitrogen and oxygen atoms in total. The number of nitrogens with one attached hydrogen (secondary N) is 1. The Labute approximate surface area is 109 Å². The monoisotopic (exact) mass is 249 g/mol. The Morgan fingerprint density at radius 2 is 1.89 bits per heavy atom. The van der Waals surface area contributed by atoms with E-state index in [0.29, 0.717) is 5.84 Å². The molecule has 0 aliphatic heterocycles. The summed E-state index contributed by atoms with van der Waals surface area (Å²) in [6.45, 7) is 2.91. The van der Waals surface area contributed by atoms with Gasteiger partial charge in [0.2, 0.25) is 0 Å². The molecule has 0 radical (unpaired) electrons. The van der Waals surface area contributed by atoms with E-state index in [1.165, 1.54) is 24.3 Å². The SMILES string of the molecule is CCCCCCN(N)C(=N)c1ccc(OC)cc1. The zero-order valence-corrected chi connectivity index (χ0v) is 11.3. The maximum absolute atomic E-state index is 8.00. The van der Waals surface area contributed by atoms with E-state index in [-0.39, 0.29) is 0 Å². The standard InChI is InChI=1S/C14H23N3O/c1-3-4-5-6-11-17(16)14(15)12-7-9-13(18-2)10-8-12/h7-10,15H,3-6,11,16H2,1-2H3. The highest BCUT2D eigenvalue weighted by Gasteiger charge is 2.07. The van der Waals surface area contributed by atoms with Crippen LogP contribution >= 0.6 is 0 Å². The van der Waals surface area contributed by atoms with Crippen molar-refractivity contribution in [2.45, 2.75) is 32.6 Å². The molecule has 0 aromatic heterocycles. The number of unbranched alkanes of at least 4 members (excludes halogenated alkanes) is 3. The predicted octanol–water partition coefficient (Wildman–Crippen LogP) is 2.78. The summed E-state index contributed by atoms with van der Waals surface area (Å²) in [7, 11) is 1.63. The van der Waals surface area contributed by atoms with Crippen LogP contribution in [0.1, 0.15) is 38.2 Å². The van der Waals surface area contributed by atoms with Crippen molar-refractivity contribution in [3.63, 3.8) is 0 Å². The molecule has 0 unspecified atom stereocenters. The number of hydrazine groups is 1. The largest absolute Gasteiger partial charge is 0.497 e. The Bertz CT molecular complexity index is 362. The predicted molar refractivity (Wildman–Crippen MR) is 74.9 cm³/mol. The van der Waals surface area contributed by atoms with Gasteiger partial charge in [-0.15, -0.1) is 0 Å². The van der Waals surface area contributed by atoms with Crippen LogP contribution in [0.3, 0.4) is 0 Å². The molecule has 0 atom stereocenters. The van der Waals surface area contributed by atoms with Crippen molar-refractivity contribution in [2.75, 3.05) is 13.7 Å². The number of ether oxygens (including phenoxy) is 1. The summed E-state index contributed by atoms with van der Waals surface area (Å²) in [6, 6.07) is 7.39. The van der Waals surface area contributed by atoms with E-state index >= 15 is 0 Å². The minimum Gasteiger partial charge on any atom is -0.497 e. The highest BCUT2D eigenvalue weighted by atomic mass is 16.5. The van der Waals surface area contributed by atoms with Gasteiger partial charge >= 0.3 is 0 Å². The summed E-state index contributed by atoms with van der Waals surface area (Å²) in [4.78, 5) is 0. The number of hydrogen-bond acceptors (Lipinski definition) is 3. The number of methoxy groups -OCH3 is 1. The van der Waals surface area contributed by atoms with Crippen LogP contribution in [0.25, 0.3) is 0 Å². The first-order valence-corrected chi connectivity index (χ1v) is 6.44. The number of rotatable bonds is 7. The molecule has 0 fully saturated rings. The number of nitrogens with two attached hydrogens (primary N) is 1. The van der Waals surface area contributed by atoms with Crippen LogP contribution in [-0.2, 0) is 0 Å². The first-order valence-electron chi connectivity index (χ1n) is 6.44. The van der Waals surface area contributed by atoms with Crippen LogP contribution in [0.2, 0.25) is 0 Å².